The second-order valence-corrected chi connectivity index (χ2v) is 6.69. The summed E-state index contributed by atoms with van der Waals surface area (Å²) in [6, 6.07) is 5.67. The van der Waals surface area contributed by atoms with Crippen LogP contribution in [-0.2, 0) is 11.6 Å². The molecule has 1 aromatic carbocycles. The summed E-state index contributed by atoms with van der Waals surface area (Å²) in [5.41, 5.74) is -0.0404. The molecule has 0 heterocycles. The molecule has 0 atom stereocenters. The molecule has 1 saturated carbocycles. The zero-order valence-electron chi connectivity index (χ0n) is 13.7. The minimum Gasteiger partial charge on any atom is -0.356 e. The smallest absolute Gasteiger partial charge is 0.356 e. The Balaban J connectivity index is 0.00000288. The second-order valence-electron chi connectivity index (χ2n) is 5.70. The molecule has 1 aliphatic rings. The van der Waals surface area contributed by atoms with Crippen LogP contribution >= 0.6 is 35.7 Å². The maximum atomic E-state index is 12.9. The van der Waals surface area contributed by atoms with E-state index in [1.807, 2.05) is 6.26 Å². The highest BCUT2D eigenvalue weighted by atomic mass is 127. The van der Waals surface area contributed by atoms with Crippen molar-refractivity contribution in [1.82, 2.24) is 10.6 Å². The van der Waals surface area contributed by atoms with Gasteiger partial charge in [-0.1, -0.05) is 18.2 Å². The fraction of sp³-hybridized carbons (Fsp3) is 0.562. The lowest BCUT2D eigenvalue weighted by molar-refractivity contribution is -0.137. The lowest BCUT2D eigenvalue weighted by atomic mass is 9.94. The van der Waals surface area contributed by atoms with Gasteiger partial charge in [0.1, 0.15) is 0 Å². The molecule has 0 aromatic heterocycles. The number of alkyl halides is 3. The van der Waals surface area contributed by atoms with Crippen molar-refractivity contribution in [3.8, 4) is 0 Å². The molecular weight excluding hydrogens is 450 g/mol. The van der Waals surface area contributed by atoms with Crippen molar-refractivity contribution in [3.63, 3.8) is 0 Å². The number of nitrogens with one attached hydrogen (secondary N) is 2. The normalized spacial score (nSPS) is 16.3. The van der Waals surface area contributed by atoms with Crippen molar-refractivity contribution in [1.29, 1.82) is 0 Å². The summed E-state index contributed by atoms with van der Waals surface area (Å²) in [5, 5.41) is 6.43. The fourth-order valence-electron chi connectivity index (χ4n) is 2.49. The van der Waals surface area contributed by atoms with Gasteiger partial charge in [0.2, 0.25) is 0 Å². The molecule has 0 spiro atoms. The quantitative estimate of drug-likeness (QED) is 0.285. The molecule has 8 heteroatoms. The van der Waals surface area contributed by atoms with Crippen molar-refractivity contribution >= 4 is 41.7 Å². The molecule has 0 aliphatic heterocycles. The Labute approximate surface area is 162 Å². The van der Waals surface area contributed by atoms with Crippen molar-refractivity contribution in [2.45, 2.75) is 24.4 Å². The SMILES string of the molecule is CN=C(NCCSC)NCC1(c2cccc(C(F)(F)F)c2)CC1.I. The van der Waals surface area contributed by atoms with Crippen molar-refractivity contribution in [2.75, 3.05) is 32.1 Å². The number of thioether (sulfide) groups is 1. The molecule has 1 fully saturated rings. The molecule has 2 rings (SSSR count). The van der Waals surface area contributed by atoms with Gasteiger partial charge in [-0.2, -0.15) is 24.9 Å². The third-order valence-corrected chi connectivity index (χ3v) is 4.68. The highest BCUT2D eigenvalue weighted by molar-refractivity contribution is 14.0. The van der Waals surface area contributed by atoms with Crippen molar-refractivity contribution < 1.29 is 13.2 Å². The average molecular weight is 473 g/mol. The van der Waals surface area contributed by atoms with Crippen LogP contribution in [0, 0.1) is 0 Å². The Bertz CT molecular complexity index is 560. The third kappa shape index (κ3) is 5.72. The molecule has 1 aromatic rings. The van der Waals surface area contributed by atoms with Gasteiger partial charge in [0.15, 0.2) is 5.96 Å². The van der Waals surface area contributed by atoms with Gasteiger partial charge in [-0.05, 0) is 30.7 Å². The monoisotopic (exact) mass is 473 g/mol. The summed E-state index contributed by atoms with van der Waals surface area (Å²) in [4.78, 5) is 4.15. The van der Waals surface area contributed by atoms with Gasteiger partial charge in [-0.3, -0.25) is 4.99 Å². The standard InChI is InChI=1S/C16H22F3N3S.HI/c1-20-14(21-8-9-23-2)22-11-15(6-7-15)12-4-3-5-13(10-12)16(17,18)19;/h3-5,10H,6-9,11H2,1-2H3,(H2,20,21,22);1H. The Morgan fingerprint density at radius 1 is 1.29 bits per heavy atom. The highest BCUT2D eigenvalue weighted by Crippen LogP contribution is 2.48. The number of nitrogens with zero attached hydrogens (tertiary/aromatic N) is 1. The summed E-state index contributed by atoms with van der Waals surface area (Å²) in [6.45, 7) is 1.39. The van der Waals surface area contributed by atoms with Crippen LogP contribution in [0.25, 0.3) is 0 Å². The minimum atomic E-state index is -4.30. The second kappa shape index (κ2) is 9.17. The Kier molecular flexibility index (Phi) is 8.17. The highest BCUT2D eigenvalue weighted by Gasteiger charge is 2.45. The van der Waals surface area contributed by atoms with E-state index >= 15 is 0 Å². The predicted molar refractivity (Wildman–Crippen MR) is 106 cm³/mol. The van der Waals surface area contributed by atoms with Gasteiger partial charge >= 0.3 is 6.18 Å². The number of benzene rings is 1. The number of guanidine groups is 1. The van der Waals surface area contributed by atoms with Crippen molar-refractivity contribution in [2.24, 2.45) is 4.99 Å². The molecule has 24 heavy (non-hydrogen) atoms. The number of halogens is 4. The number of aliphatic imine (C=N–C) groups is 1. The average Bonchev–Trinajstić information content (AvgIpc) is 3.31. The lowest BCUT2D eigenvalue weighted by Crippen LogP contribution is -2.42. The Hall–Kier alpha value is -0.640. The Morgan fingerprint density at radius 3 is 2.54 bits per heavy atom. The molecular formula is C16H23F3IN3S. The van der Waals surface area contributed by atoms with Crippen LogP contribution in [0.4, 0.5) is 13.2 Å². The third-order valence-electron chi connectivity index (χ3n) is 4.07. The van der Waals surface area contributed by atoms with Crippen molar-refractivity contribution in [3.05, 3.63) is 35.4 Å². The summed E-state index contributed by atoms with van der Waals surface area (Å²) in [6.07, 6.45) is -0.480. The van der Waals surface area contributed by atoms with E-state index in [0.717, 1.165) is 36.8 Å². The topological polar surface area (TPSA) is 36.4 Å². The molecule has 0 bridgehead atoms. The van der Waals surface area contributed by atoms with E-state index in [9.17, 15) is 13.2 Å². The molecule has 3 nitrogen and oxygen atoms in total. The van der Waals surface area contributed by atoms with E-state index in [-0.39, 0.29) is 29.4 Å². The number of hydrogen-bond donors (Lipinski definition) is 2. The van der Waals surface area contributed by atoms with Gasteiger partial charge in [-0.15, -0.1) is 24.0 Å². The van der Waals surface area contributed by atoms with Crippen LogP contribution in [0.1, 0.15) is 24.0 Å². The van der Waals surface area contributed by atoms with Crippen LogP contribution in [0.15, 0.2) is 29.3 Å². The summed E-state index contributed by atoms with van der Waals surface area (Å²) >= 11 is 1.74. The zero-order chi connectivity index (χ0) is 16.9. The van der Waals surface area contributed by atoms with Gasteiger partial charge in [0.05, 0.1) is 5.56 Å². The summed E-state index contributed by atoms with van der Waals surface area (Å²) < 4.78 is 38.6. The van der Waals surface area contributed by atoms with Gasteiger partial charge in [0.25, 0.3) is 0 Å². The van der Waals surface area contributed by atoms with E-state index in [1.165, 1.54) is 12.1 Å². The van der Waals surface area contributed by atoms with Gasteiger partial charge in [-0.25, -0.2) is 0 Å². The molecule has 1 aliphatic carbocycles. The molecule has 0 amide bonds. The van der Waals surface area contributed by atoms with Crippen LogP contribution < -0.4 is 10.6 Å². The maximum Gasteiger partial charge on any atom is 0.416 e. The zero-order valence-corrected chi connectivity index (χ0v) is 16.9. The fourth-order valence-corrected chi connectivity index (χ4v) is 2.80. The van der Waals surface area contributed by atoms with Crippen LogP contribution in [-0.4, -0.2) is 38.1 Å². The van der Waals surface area contributed by atoms with Crippen LogP contribution in [0.5, 0.6) is 0 Å². The van der Waals surface area contributed by atoms with E-state index in [0.29, 0.717) is 12.5 Å². The van der Waals surface area contributed by atoms with E-state index in [1.54, 1.807) is 24.9 Å². The maximum absolute atomic E-state index is 12.9. The first kappa shape index (κ1) is 21.4. The largest absolute Gasteiger partial charge is 0.416 e. The number of hydrogen-bond acceptors (Lipinski definition) is 2. The van der Waals surface area contributed by atoms with Crippen LogP contribution in [0.2, 0.25) is 0 Å². The molecule has 2 N–H and O–H groups in total. The van der Waals surface area contributed by atoms with E-state index in [2.05, 4.69) is 15.6 Å². The van der Waals surface area contributed by atoms with Gasteiger partial charge < -0.3 is 10.6 Å². The molecule has 136 valence electrons. The minimum absolute atomic E-state index is 0. The molecule has 0 radical (unpaired) electrons. The summed E-state index contributed by atoms with van der Waals surface area (Å²) in [5.74, 6) is 1.66. The van der Waals surface area contributed by atoms with E-state index in [4.69, 9.17) is 0 Å². The molecule has 0 saturated heterocycles. The van der Waals surface area contributed by atoms with Crippen LogP contribution in [0.3, 0.4) is 0 Å². The van der Waals surface area contributed by atoms with E-state index < -0.39 is 11.7 Å². The first-order chi connectivity index (χ1) is 10.9. The lowest BCUT2D eigenvalue weighted by Gasteiger charge is -2.20. The Morgan fingerprint density at radius 2 is 2.00 bits per heavy atom. The molecule has 0 unspecified atom stereocenters. The van der Waals surface area contributed by atoms with Gasteiger partial charge in [0, 0.05) is 31.3 Å². The summed E-state index contributed by atoms with van der Waals surface area (Å²) in [7, 11) is 1.69. The first-order valence-electron chi connectivity index (χ1n) is 7.52. The number of rotatable bonds is 6. The predicted octanol–water partition coefficient (Wildman–Crippen LogP) is 3.88. The first-order valence-corrected chi connectivity index (χ1v) is 8.92.